The number of rotatable bonds is 4. The molecular formula is C24H27N4+. The molecule has 0 radical (unpaired) electrons. The zero-order valence-electron chi connectivity index (χ0n) is 17.2. The summed E-state index contributed by atoms with van der Waals surface area (Å²) in [7, 11) is 6.12. The van der Waals surface area contributed by atoms with Crippen molar-refractivity contribution in [2.75, 3.05) is 26.0 Å². The lowest BCUT2D eigenvalue weighted by Gasteiger charge is -2.13. The number of nitrogens with zero attached hydrogens (tertiary/aromatic N) is 3. The Balaban J connectivity index is 2.13. The molecule has 1 aromatic heterocycles. The summed E-state index contributed by atoms with van der Waals surface area (Å²) in [6.07, 6.45) is 0. The summed E-state index contributed by atoms with van der Waals surface area (Å²) >= 11 is 0. The number of fused-ring (bicyclic) bond motifs is 2. The molecule has 0 bridgehead atoms. The normalized spacial score (nSPS) is 11.3. The predicted molar refractivity (Wildman–Crippen MR) is 117 cm³/mol. The van der Waals surface area contributed by atoms with Crippen molar-refractivity contribution in [3.05, 3.63) is 71.3 Å². The number of anilines is 1. The maximum atomic E-state index is 4.95. The van der Waals surface area contributed by atoms with Gasteiger partial charge in [-0.15, -0.1) is 4.57 Å². The first kappa shape index (κ1) is 18.4. The standard InChI is InChI=1S/C24H27N4/c1-16-6-8-20(12-17(16)2)28-23-13-18(15-25-3)7-10-21(23)26-22-11-9-19(27(4)5)14-24(22)28/h6-14,25H,15H2,1-5H3/q+1. The van der Waals surface area contributed by atoms with Crippen LogP contribution >= 0.6 is 0 Å². The molecule has 0 saturated heterocycles. The molecule has 0 amide bonds. The van der Waals surface area contributed by atoms with Gasteiger partial charge >= 0.3 is 0 Å². The lowest BCUT2D eigenvalue weighted by Crippen LogP contribution is -2.34. The highest BCUT2D eigenvalue weighted by Gasteiger charge is 2.21. The monoisotopic (exact) mass is 371 g/mol. The maximum Gasteiger partial charge on any atom is 0.239 e. The van der Waals surface area contributed by atoms with E-state index in [1.807, 2.05) is 7.05 Å². The molecule has 0 aliphatic heterocycles. The molecule has 142 valence electrons. The lowest BCUT2D eigenvalue weighted by atomic mass is 10.1. The van der Waals surface area contributed by atoms with Crippen molar-refractivity contribution in [1.82, 2.24) is 10.3 Å². The van der Waals surface area contributed by atoms with Crippen molar-refractivity contribution >= 4 is 27.8 Å². The molecule has 4 nitrogen and oxygen atoms in total. The largest absolute Gasteiger partial charge is 0.377 e. The van der Waals surface area contributed by atoms with Crippen LogP contribution in [-0.2, 0) is 6.54 Å². The van der Waals surface area contributed by atoms with Gasteiger partial charge in [-0.2, -0.15) is 0 Å². The van der Waals surface area contributed by atoms with Crippen molar-refractivity contribution in [3.63, 3.8) is 0 Å². The van der Waals surface area contributed by atoms with Crippen LogP contribution in [0.15, 0.2) is 54.6 Å². The highest BCUT2D eigenvalue weighted by Crippen LogP contribution is 2.23. The van der Waals surface area contributed by atoms with Crippen LogP contribution in [0.25, 0.3) is 27.8 Å². The highest BCUT2D eigenvalue weighted by molar-refractivity contribution is 5.84. The van der Waals surface area contributed by atoms with Crippen molar-refractivity contribution in [2.45, 2.75) is 20.4 Å². The Morgan fingerprint density at radius 1 is 0.857 bits per heavy atom. The molecule has 1 heterocycles. The average Bonchev–Trinajstić information content (AvgIpc) is 2.68. The van der Waals surface area contributed by atoms with Crippen LogP contribution in [-0.4, -0.2) is 26.1 Å². The second-order valence-corrected chi connectivity index (χ2v) is 7.64. The summed E-state index contributed by atoms with van der Waals surface area (Å²) in [6.45, 7) is 5.16. The highest BCUT2D eigenvalue weighted by atomic mass is 15.1. The number of hydrogen-bond donors (Lipinski definition) is 1. The first-order chi connectivity index (χ1) is 13.5. The topological polar surface area (TPSA) is 32.0 Å². The van der Waals surface area contributed by atoms with Crippen LogP contribution < -0.4 is 14.8 Å². The molecule has 4 heteroatoms. The molecule has 3 aromatic carbocycles. The van der Waals surface area contributed by atoms with Crippen LogP contribution in [0.4, 0.5) is 5.69 Å². The molecule has 0 saturated carbocycles. The molecule has 0 fully saturated rings. The fourth-order valence-electron chi connectivity index (χ4n) is 3.62. The molecule has 1 N–H and O–H groups in total. The Hall–Kier alpha value is -2.98. The van der Waals surface area contributed by atoms with Crippen LogP contribution in [0.2, 0.25) is 0 Å². The van der Waals surface area contributed by atoms with Gasteiger partial charge in [0.25, 0.3) is 0 Å². The Kier molecular flexibility index (Phi) is 4.73. The van der Waals surface area contributed by atoms with E-state index in [9.17, 15) is 0 Å². The maximum absolute atomic E-state index is 4.95. The summed E-state index contributed by atoms with van der Waals surface area (Å²) in [5.74, 6) is 0. The van der Waals surface area contributed by atoms with Gasteiger partial charge in [-0.3, -0.25) is 0 Å². The minimum Gasteiger partial charge on any atom is -0.377 e. The number of aryl methyl sites for hydroxylation is 2. The molecule has 0 spiro atoms. The SMILES string of the molecule is CNCc1ccc2nc3ccc(N(C)C)cc3[n+](-c3ccc(C)c(C)c3)c2c1. The smallest absolute Gasteiger partial charge is 0.239 e. The number of benzene rings is 3. The van der Waals surface area contributed by atoms with Crippen LogP contribution in [0, 0.1) is 13.8 Å². The van der Waals surface area contributed by atoms with Gasteiger partial charge in [-0.1, -0.05) is 12.1 Å². The second-order valence-electron chi connectivity index (χ2n) is 7.64. The third-order valence-corrected chi connectivity index (χ3v) is 5.37. The third kappa shape index (κ3) is 3.20. The minimum absolute atomic E-state index is 0.832. The van der Waals surface area contributed by atoms with E-state index in [1.54, 1.807) is 0 Å². The Morgan fingerprint density at radius 2 is 1.57 bits per heavy atom. The average molecular weight is 372 g/mol. The zero-order chi connectivity index (χ0) is 19.8. The number of aromatic nitrogens is 2. The van der Waals surface area contributed by atoms with E-state index in [4.69, 9.17) is 4.98 Å². The van der Waals surface area contributed by atoms with Crippen LogP contribution in [0.3, 0.4) is 0 Å². The Bertz CT molecular complexity index is 1180. The summed E-state index contributed by atoms with van der Waals surface area (Å²) < 4.78 is 2.34. The summed E-state index contributed by atoms with van der Waals surface area (Å²) in [5, 5.41) is 3.25. The van der Waals surface area contributed by atoms with Gasteiger partial charge in [0.1, 0.15) is 11.0 Å². The first-order valence-electron chi connectivity index (χ1n) is 9.66. The number of hydrogen-bond acceptors (Lipinski definition) is 3. The van der Waals surface area contributed by atoms with E-state index < -0.39 is 0 Å². The summed E-state index contributed by atoms with van der Waals surface area (Å²) in [5.41, 5.74) is 10.4. The second kappa shape index (κ2) is 7.21. The fraction of sp³-hybridized carbons (Fsp3) is 0.250. The molecule has 0 aliphatic rings. The van der Waals surface area contributed by atoms with E-state index >= 15 is 0 Å². The molecule has 4 rings (SSSR count). The molecule has 0 aliphatic carbocycles. The molecule has 28 heavy (non-hydrogen) atoms. The Morgan fingerprint density at radius 3 is 2.25 bits per heavy atom. The summed E-state index contributed by atoms with van der Waals surface area (Å²) in [6, 6.07) is 19.6. The van der Waals surface area contributed by atoms with E-state index in [0.717, 1.165) is 40.0 Å². The van der Waals surface area contributed by atoms with E-state index in [-0.39, 0.29) is 0 Å². The zero-order valence-corrected chi connectivity index (χ0v) is 17.2. The lowest BCUT2D eigenvalue weighted by molar-refractivity contribution is -0.538. The minimum atomic E-state index is 0.832. The third-order valence-electron chi connectivity index (χ3n) is 5.37. The van der Waals surface area contributed by atoms with Crippen molar-refractivity contribution in [1.29, 1.82) is 0 Å². The van der Waals surface area contributed by atoms with Crippen molar-refractivity contribution in [3.8, 4) is 5.69 Å². The first-order valence-corrected chi connectivity index (χ1v) is 9.66. The Labute approximate surface area is 166 Å². The van der Waals surface area contributed by atoms with Crippen LogP contribution in [0.1, 0.15) is 16.7 Å². The van der Waals surface area contributed by atoms with Crippen molar-refractivity contribution in [2.24, 2.45) is 0 Å². The predicted octanol–water partition coefficient (Wildman–Crippen LogP) is 4.07. The van der Waals surface area contributed by atoms with Gasteiger partial charge in [-0.05, 0) is 55.8 Å². The quantitative estimate of drug-likeness (QED) is 0.434. The molecule has 4 aromatic rings. The number of nitrogens with one attached hydrogen (secondary N) is 1. The van der Waals surface area contributed by atoms with Gasteiger partial charge in [0.2, 0.25) is 16.7 Å². The molecule has 0 atom stereocenters. The summed E-state index contributed by atoms with van der Waals surface area (Å²) in [4.78, 5) is 7.08. The van der Waals surface area contributed by atoms with Crippen LogP contribution in [0.5, 0.6) is 0 Å². The van der Waals surface area contributed by atoms with Gasteiger partial charge in [0, 0.05) is 50.6 Å². The fourth-order valence-corrected chi connectivity index (χ4v) is 3.62. The van der Waals surface area contributed by atoms with Gasteiger partial charge < -0.3 is 10.2 Å². The van der Waals surface area contributed by atoms with Gasteiger partial charge in [-0.25, -0.2) is 4.98 Å². The van der Waals surface area contributed by atoms with E-state index in [1.165, 1.54) is 16.7 Å². The van der Waals surface area contributed by atoms with Gasteiger partial charge in [0.15, 0.2) is 0 Å². The van der Waals surface area contributed by atoms with Gasteiger partial charge in [0.05, 0.1) is 0 Å². The van der Waals surface area contributed by atoms with Crippen molar-refractivity contribution < 1.29 is 4.57 Å². The molecule has 0 unspecified atom stereocenters. The molecular weight excluding hydrogens is 344 g/mol. The van der Waals surface area contributed by atoms with E-state index in [2.05, 4.69) is 97.3 Å². The van der Waals surface area contributed by atoms with E-state index in [0.29, 0.717) is 0 Å².